The fourth-order valence-electron chi connectivity index (χ4n) is 6.67. The van der Waals surface area contributed by atoms with Gasteiger partial charge in [-0.25, -0.2) is 0 Å². The Hall–Kier alpha value is -2.11. The van der Waals surface area contributed by atoms with Crippen molar-refractivity contribution in [3.63, 3.8) is 0 Å². The number of nitrogens with zero attached hydrogens (tertiary/aromatic N) is 2. The molecule has 12 nitrogen and oxygen atoms in total. The van der Waals surface area contributed by atoms with Gasteiger partial charge in [-0.15, -0.1) is 12.3 Å². The first-order chi connectivity index (χ1) is 21.1. The van der Waals surface area contributed by atoms with E-state index in [1.54, 1.807) is 27.7 Å². The smallest absolute Gasteiger partial charge is 0.316 e. The molecule has 12 heteroatoms. The first-order valence-electron chi connectivity index (χ1n) is 16.0. The van der Waals surface area contributed by atoms with Crippen LogP contribution in [0.1, 0.15) is 74.1 Å². The molecule has 13 atom stereocenters. The number of carbonyl (C=O) groups is 2. The van der Waals surface area contributed by atoms with Crippen molar-refractivity contribution in [3.8, 4) is 12.3 Å². The van der Waals surface area contributed by atoms with Crippen LogP contribution in [0.25, 0.3) is 0 Å². The van der Waals surface area contributed by atoms with Gasteiger partial charge in [0.05, 0.1) is 29.6 Å². The molecule has 2 fully saturated rings. The number of cyclic esters (lactones) is 1. The van der Waals surface area contributed by atoms with E-state index in [-0.39, 0.29) is 25.0 Å². The van der Waals surface area contributed by atoms with E-state index in [1.807, 2.05) is 25.8 Å². The molecular formula is C33H56N2O10. The number of ketones is 1. The van der Waals surface area contributed by atoms with Crippen molar-refractivity contribution in [2.45, 2.75) is 129 Å². The molecule has 0 bridgehead atoms. The summed E-state index contributed by atoms with van der Waals surface area (Å²) in [5, 5.41) is 37.9. The highest BCUT2D eigenvalue weighted by Crippen LogP contribution is 2.37. The second-order valence-corrected chi connectivity index (χ2v) is 13.0. The van der Waals surface area contributed by atoms with E-state index in [1.165, 1.54) is 21.1 Å². The monoisotopic (exact) mass is 640 g/mol. The van der Waals surface area contributed by atoms with Crippen LogP contribution in [0.4, 0.5) is 0 Å². The number of carbonyl (C=O) groups excluding carboxylic acids is 2. The predicted molar refractivity (Wildman–Crippen MR) is 168 cm³/mol. The molecule has 0 aliphatic carbocycles. The number of Topliss-reactive ketones (excluding diaryl/α,β-unsaturated/α-hetero) is 1. The molecular weight excluding hydrogens is 584 g/mol. The number of hydrogen-bond acceptors (Lipinski definition) is 12. The van der Waals surface area contributed by atoms with Crippen molar-refractivity contribution >= 4 is 17.5 Å². The molecule has 258 valence electrons. The lowest BCUT2D eigenvalue weighted by Gasteiger charge is -2.47. The van der Waals surface area contributed by atoms with Crippen molar-refractivity contribution < 1.29 is 48.7 Å². The molecule has 0 aromatic heterocycles. The number of esters is 1. The van der Waals surface area contributed by atoms with E-state index in [0.717, 1.165) is 0 Å². The van der Waals surface area contributed by atoms with Crippen LogP contribution >= 0.6 is 0 Å². The highest BCUT2D eigenvalue weighted by atomic mass is 16.7. The summed E-state index contributed by atoms with van der Waals surface area (Å²) >= 11 is 0. The minimum Gasteiger partial charge on any atom is -0.459 e. The lowest BCUT2D eigenvalue weighted by atomic mass is 9.75. The molecule has 0 amide bonds. The van der Waals surface area contributed by atoms with Crippen molar-refractivity contribution in [1.82, 2.24) is 4.90 Å². The van der Waals surface area contributed by atoms with Gasteiger partial charge in [0.1, 0.15) is 31.3 Å². The summed E-state index contributed by atoms with van der Waals surface area (Å²) in [7, 11) is 4.77. The fourth-order valence-corrected chi connectivity index (χ4v) is 6.67. The van der Waals surface area contributed by atoms with Crippen LogP contribution in [0.5, 0.6) is 0 Å². The van der Waals surface area contributed by atoms with Crippen molar-refractivity contribution in [1.29, 1.82) is 0 Å². The zero-order valence-corrected chi connectivity index (χ0v) is 28.6. The number of rotatable bonds is 8. The third kappa shape index (κ3) is 9.25. The van der Waals surface area contributed by atoms with Crippen LogP contribution in [0, 0.1) is 36.0 Å². The Morgan fingerprint density at radius 2 is 1.71 bits per heavy atom. The van der Waals surface area contributed by atoms with Crippen LogP contribution in [0.2, 0.25) is 0 Å². The Bertz CT molecular complexity index is 1050. The standard InChI is InChI=1S/C33H56N2O10/c1-12-14-15-35(9)23-16-19(4)43-32(28(23)38)45-30-21(6)26(36)22(7)31(40)44-24(13-2)29(39)27(37)20(5)25(34-42-11)18(3)17-33(30,8)41-10/h1,18-24,27-30,32,37-39H,13-17H2,2-11H3/b34-25+/t18-,19-,20+,21+,22-,23+,24-,27-,28-,29-,30-,32+,33-/m1/s1. The van der Waals surface area contributed by atoms with E-state index in [4.69, 9.17) is 30.2 Å². The topological polar surface area (TPSA) is 157 Å². The SMILES string of the molecule is C#CCCN(C)[C@H]1C[C@@H](C)O[C@@H](O[C@@H]2[C@@H](C)C(=O)[C@@H](C)C(=O)O[C@H](CC)[C@@H](O)[C@H](O)[C@@H](C)/C(=N/OC)[C@H](C)C[C@@]2(C)OC)[C@@H]1O. The summed E-state index contributed by atoms with van der Waals surface area (Å²) in [6.45, 7) is 12.7. The lowest BCUT2D eigenvalue weighted by Crippen LogP contribution is -2.59. The molecule has 0 radical (unpaired) electrons. The molecule has 3 N–H and O–H groups in total. The summed E-state index contributed by atoms with van der Waals surface area (Å²) in [5.74, 6) is -1.91. The van der Waals surface area contributed by atoms with Crippen LogP contribution in [0.3, 0.4) is 0 Å². The summed E-state index contributed by atoms with van der Waals surface area (Å²) in [4.78, 5) is 34.3. The van der Waals surface area contributed by atoms with Gasteiger partial charge in [-0.2, -0.15) is 0 Å². The molecule has 2 heterocycles. The normalized spacial score (nSPS) is 41.8. The average molecular weight is 641 g/mol. The summed E-state index contributed by atoms with van der Waals surface area (Å²) in [6, 6.07) is -0.321. The van der Waals surface area contributed by atoms with Gasteiger partial charge in [0.15, 0.2) is 12.1 Å². The first kappa shape index (κ1) is 39.1. The van der Waals surface area contributed by atoms with Gasteiger partial charge in [0.25, 0.3) is 0 Å². The van der Waals surface area contributed by atoms with E-state index in [9.17, 15) is 24.9 Å². The summed E-state index contributed by atoms with van der Waals surface area (Å²) < 4.78 is 24.4. The number of hydrogen-bond donors (Lipinski definition) is 3. The fraction of sp³-hybridized carbons (Fsp3) is 0.848. The first-order valence-corrected chi connectivity index (χ1v) is 16.0. The third-order valence-electron chi connectivity index (χ3n) is 9.61. The molecule has 0 unspecified atom stereocenters. The van der Waals surface area contributed by atoms with E-state index in [0.29, 0.717) is 25.1 Å². The van der Waals surface area contributed by atoms with Gasteiger partial charge in [-0.3, -0.25) is 14.5 Å². The lowest BCUT2D eigenvalue weighted by molar-refractivity contribution is -0.295. The molecule has 45 heavy (non-hydrogen) atoms. The zero-order chi connectivity index (χ0) is 34.2. The Morgan fingerprint density at radius 1 is 1.07 bits per heavy atom. The minimum absolute atomic E-state index is 0.207. The Morgan fingerprint density at radius 3 is 2.27 bits per heavy atom. The summed E-state index contributed by atoms with van der Waals surface area (Å²) in [5.41, 5.74) is -0.755. The molecule has 0 spiro atoms. The number of aliphatic hydroxyl groups is 3. The number of terminal acetylenes is 1. The van der Waals surface area contributed by atoms with Gasteiger partial charge in [0.2, 0.25) is 0 Å². The average Bonchev–Trinajstić information content (AvgIpc) is 3.02. The van der Waals surface area contributed by atoms with Crippen LogP contribution < -0.4 is 0 Å². The number of oxime groups is 1. The minimum atomic E-state index is -1.44. The largest absolute Gasteiger partial charge is 0.459 e. The Labute approximate surface area is 268 Å². The molecule has 2 saturated heterocycles. The number of ether oxygens (including phenoxy) is 4. The zero-order valence-electron chi connectivity index (χ0n) is 28.6. The van der Waals surface area contributed by atoms with Crippen molar-refractivity contribution in [2.24, 2.45) is 28.8 Å². The van der Waals surface area contributed by atoms with Gasteiger partial charge >= 0.3 is 5.97 Å². The van der Waals surface area contributed by atoms with E-state index in [2.05, 4.69) is 11.1 Å². The molecule has 0 aromatic rings. The second kappa shape index (κ2) is 17.2. The highest BCUT2D eigenvalue weighted by molar-refractivity contribution is 6.00. The Balaban J connectivity index is 2.63. The highest BCUT2D eigenvalue weighted by Gasteiger charge is 2.50. The third-order valence-corrected chi connectivity index (χ3v) is 9.61. The van der Waals surface area contributed by atoms with Crippen molar-refractivity contribution in [2.75, 3.05) is 27.8 Å². The van der Waals surface area contributed by atoms with Gasteiger partial charge in [-0.05, 0) is 47.1 Å². The maximum absolute atomic E-state index is 13.9. The van der Waals surface area contributed by atoms with Crippen LogP contribution in [0.15, 0.2) is 5.16 Å². The van der Waals surface area contributed by atoms with Gasteiger partial charge in [0, 0.05) is 43.9 Å². The molecule has 2 rings (SSSR count). The van der Waals surface area contributed by atoms with E-state index >= 15 is 0 Å². The van der Waals surface area contributed by atoms with E-state index < -0.39 is 77.8 Å². The quantitative estimate of drug-likeness (QED) is 0.155. The number of aliphatic hydroxyl groups excluding tert-OH is 3. The second-order valence-electron chi connectivity index (χ2n) is 13.0. The van der Waals surface area contributed by atoms with Crippen molar-refractivity contribution in [3.05, 3.63) is 0 Å². The molecule has 0 saturated carbocycles. The number of methoxy groups -OCH3 is 1. The molecule has 2 aliphatic rings. The maximum atomic E-state index is 13.9. The molecule has 2 aliphatic heterocycles. The summed E-state index contributed by atoms with van der Waals surface area (Å²) in [6.07, 6.45) is -0.357. The maximum Gasteiger partial charge on any atom is 0.316 e. The van der Waals surface area contributed by atoms with Crippen LogP contribution in [-0.4, -0.2) is 120 Å². The number of likely N-dealkylation sites (N-methyl/N-ethyl adjacent to an activating group) is 1. The van der Waals surface area contributed by atoms with Gasteiger partial charge in [-0.1, -0.05) is 32.9 Å². The Kier molecular flexibility index (Phi) is 14.9. The molecule has 0 aromatic carbocycles. The van der Waals surface area contributed by atoms with Crippen LogP contribution in [-0.2, 0) is 33.4 Å². The predicted octanol–water partition coefficient (Wildman–Crippen LogP) is 2.16. The van der Waals surface area contributed by atoms with Gasteiger partial charge < -0.3 is 39.1 Å².